The Morgan fingerprint density at radius 3 is 2.80 bits per heavy atom. The molecule has 0 fully saturated rings. The Morgan fingerprint density at radius 1 is 1.07 bits per heavy atom. The average Bonchev–Trinajstić information content (AvgIpc) is 3.18. The molecule has 8 nitrogen and oxygen atoms in total. The van der Waals surface area contributed by atoms with Gasteiger partial charge in [-0.15, -0.1) is 0 Å². The van der Waals surface area contributed by atoms with Gasteiger partial charge in [0.15, 0.2) is 5.75 Å². The van der Waals surface area contributed by atoms with Crippen LogP contribution in [0.1, 0.15) is 11.3 Å². The fourth-order valence-corrected chi connectivity index (χ4v) is 3.75. The average molecular weight is 399 g/mol. The number of ether oxygens (including phenoxy) is 1. The number of aryl methyl sites for hydroxylation is 1. The Morgan fingerprint density at radius 2 is 1.93 bits per heavy atom. The van der Waals surface area contributed by atoms with Crippen molar-refractivity contribution in [1.29, 1.82) is 0 Å². The van der Waals surface area contributed by atoms with Crippen molar-refractivity contribution in [3.8, 4) is 11.6 Å². The number of fused-ring (bicyclic) bond motifs is 2. The summed E-state index contributed by atoms with van der Waals surface area (Å²) in [5.74, 6) is 0.523. The smallest absolute Gasteiger partial charge is 0.373 e. The molecule has 148 valence electrons. The minimum atomic E-state index is -0.491. The molecule has 0 saturated heterocycles. The fourth-order valence-electron chi connectivity index (χ4n) is 3.75. The third kappa shape index (κ3) is 2.98. The summed E-state index contributed by atoms with van der Waals surface area (Å²) in [5, 5.41) is 12.9. The van der Waals surface area contributed by atoms with Crippen molar-refractivity contribution < 1.29 is 9.66 Å². The number of hydrogen-bond acceptors (Lipinski definition) is 7. The quantitative estimate of drug-likeness (QED) is 0.362. The molecule has 0 N–H and O–H groups in total. The summed E-state index contributed by atoms with van der Waals surface area (Å²) >= 11 is 0. The first-order chi connectivity index (χ1) is 14.6. The summed E-state index contributed by atoms with van der Waals surface area (Å²) in [5.41, 5.74) is 3.22. The maximum absolute atomic E-state index is 12.0. The number of aromatic nitrogens is 3. The van der Waals surface area contributed by atoms with Crippen LogP contribution in [0.25, 0.3) is 10.9 Å². The Balaban J connectivity index is 1.62. The molecule has 5 rings (SSSR count). The standard InChI is InChI=1S/C22H17N5O3/c1-14-9-10-16-6-4-8-18(19(16)25-14)30-22-20(27(28)29)21(23-13-24-22)26-12-11-15-5-2-3-7-17(15)26/h2-10,13H,11-12H2,1H3. The number of pyridine rings is 1. The number of hydrogen-bond donors (Lipinski definition) is 0. The molecular formula is C22H17N5O3. The second-order valence-corrected chi connectivity index (χ2v) is 7.02. The lowest BCUT2D eigenvalue weighted by Crippen LogP contribution is -2.17. The van der Waals surface area contributed by atoms with Crippen molar-refractivity contribution in [2.45, 2.75) is 13.3 Å². The lowest BCUT2D eigenvalue weighted by Gasteiger charge is -2.18. The van der Waals surface area contributed by atoms with E-state index >= 15 is 0 Å². The van der Waals surface area contributed by atoms with Gasteiger partial charge in [0.2, 0.25) is 5.82 Å². The van der Waals surface area contributed by atoms with E-state index in [2.05, 4.69) is 15.0 Å². The molecule has 8 heteroatoms. The van der Waals surface area contributed by atoms with Crippen LogP contribution in [-0.2, 0) is 6.42 Å². The number of rotatable bonds is 4. The van der Waals surface area contributed by atoms with Crippen LogP contribution in [0.5, 0.6) is 11.6 Å². The fraction of sp³-hybridized carbons (Fsp3) is 0.136. The normalized spacial score (nSPS) is 12.8. The largest absolute Gasteiger partial charge is 0.431 e. The molecule has 2 aromatic heterocycles. The minimum absolute atomic E-state index is 0.106. The summed E-state index contributed by atoms with van der Waals surface area (Å²) in [6.07, 6.45) is 2.09. The molecule has 0 saturated carbocycles. The first-order valence-electron chi connectivity index (χ1n) is 9.51. The molecule has 3 heterocycles. The van der Waals surface area contributed by atoms with E-state index in [-0.39, 0.29) is 17.4 Å². The van der Waals surface area contributed by atoms with Crippen LogP contribution in [0.15, 0.2) is 60.9 Å². The van der Waals surface area contributed by atoms with Crippen LogP contribution in [-0.4, -0.2) is 26.4 Å². The molecule has 4 aromatic rings. The van der Waals surface area contributed by atoms with Gasteiger partial charge >= 0.3 is 11.6 Å². The van der Waals surface area contributed by atoms with Crippen LogP contribution in [0.2, 0.25) is 0 Å². The van der Waals surface area contributed by atoms with Gasteiger partial charge in [-0.1, -0.05) is 36.4 Å². The maximum atomic E-state index is 12.0. The Bertz CT molecular complexity index is 1290. The number of para-hydroxylation sites is 2. The van der Waals surface area contributed by atoms with E-state index in [4.69, 9.17) is 4.74 Å². The summed E-state index contributed by atoms with van der Waals surface area (Å²) < 4.78 is 5.95. The summed E-state index contributed by atoms with van der Waals surface area (Å²) in [6.45, 7) is 2.48. The van der Waals surface area contributed by atoms with Crippen molar-refractivity contribution in [3.05, 3.63) is 82.3 Å². The summed E-state index contributed by atoms with van der Waals surface area (Å²) in [4.78, 5) is 26.2. The highest BCUT2D eigenvalue weighted by Gasteiger charge is 2.32. The van der Waals surface area contributed by atoms with Gasteiger partial charge in [0, 0.05) is 23.3 Å². The first-order valence-corrected chi connectivity index (χ1v) is 9.51. The molecule has 0 spiro atoms. The van der Waals surface area contributed by atoms with Crippen molar-refractivity contribution in [2.24, 2.45) is 0 Å². The van der Waals surface area contributed by atoms with E-state index in [0.717, 1.165) is 28.8 Å². The molecule has 2 aromatic carbocycles. The molecular weight excluding hydrogens is 382 g/mol. The van der Waals surface area contributed by atoms with Crippen LogP contribution in [0.3, 0.4) is 0 Å². The van der Waals surface area contributed by atoms with Gasteiger partial charge in [-0.05, 0) is 37.1 Å². The minimum Gasteiger partial charge on any atom is -0.431 e. The number of anilines is 2. The van der Waals surface area contributed by atoms with Crippen LogP contribution in [0, 0.1) is 17.0 Å². The zero-order chi connectivity index (χ0) is 20.7. The van der Waals surface area contributed by atoms with Gasteiger partial charge in [-0.2, -0.15) is 4.98 Å². The predicted octanol–water partition coefficient (Wildman–Crippen LogP) is 4.73. The van der Waals surface area contributed by atoms with E-state index in [1.807, 2.05) is 60.4 Å². The van der Waals surface area contributed by atoms with Crippen LogP contribution in [0.4, 0.5) is 17.2 Å². The third-order valence-corrected chi connectivity index (χ3v) is 5.12. The van der Waals surface area contributed by atoms with E-state index in [1.54, 1.807) is 6.07 Å². The van der Waals surface area contributed by atoms with E-state index in [9.17, 15) is 10.1 Å². The molecule has 0 amide bonds. The van der Waals surface area contributed by atoms with Gasteiger partial charge in [0.25, 0.3) is 0 Å². The van der Waals surface area contributed by atoms with E-state index in [0.29, 0.717) is 17.8 Å². The van der Waals surface area contributed by atoms with E-state index < -0.39 is 4.92 Å². The molecule has 0 bridgehead atoms. The SMILES string of the molecule is Cc1ccc2cccc(Oc3ncnc(N4CCc5ccccc54)c3[N+](=O)[O-])c2n1. The molecule has 1 aliphatic rings. The highest BCUT2D eigenvalue weighted by atomic mass is 16.6. The van der Waals surface area contributed by atoms with Crippen LogP contribution < -0.4 is 9.64 Å². The van der Waals surface area contributed by atoms with E-state index in [1.165, 1.54) is 6.33 Å². The molecule has 0 atom stereocenters. The second-order valence-electron chi connectivity index (χ2n) is 7.02. The number of nitrogens with zero attached hydrogens (tertiary/aromatic N) is 5. The van der Waals surface area contributed by atoms with Crippen molar-refractivity contribution >= 4 is 28.1 Å². The molecule has 30 heavy (non-hydrogen) atoms. The Kier molecular flexibility index (Phi) is 4.24. The first kappa shape index (κ1) is 18.0. The molecule has 1 aliphatic heterocycles. The van der Waals surface area contributed by atoms with Gasteiger partial charge in [0.1, 0.15) is 11.8 Å². The summed E-state index contributed by atoms with van der Waals surface area (Å²) in [7, 11) is 0. The van der Waals surface area contributed by atoms with Gasteiger partial charge in [0.05, 0.1) is 4.92 Å². The zero-order valence-corrected chi connectivity index (χ0v) is 16.1. The molecule has 0 unspecified atom stereocenters. The Hall–Kier alpha value is -4.07. The van der Waals surface area contributed by atoms with Crippen molar-refractivity contribution in [2.75, 3.05) is 11.4 Å². The third-order valence-electron chi connectivity index (χ3n) is 5.12. The van der Waals surface area contributed by atoms with Crippen molar-refractivity contribution in [1.82, 2.24) is 15.0 Å². The monoisotopic (exact) mass is 399 g/mol. The topological polar surface area (TPSA) is 94.3 Å². The number of benzene rings is 2. The second kappa shape index (κ2) is 7.07. The predicted molar refractivity (Wildman–Crippen MR) is 112 cm³/mol. The van der Waals surface area contributed by atoms with Gasteiger partial charge in [-0.3, -0.25) is 10.1 Å². The van der Waals surface area contributed by atoms with Gasteiger partial charge in [-0.25, -0.2) is 9.97 Å². The van der Waals surface area contributed by atoms with Crippen molar-refractivity contribution in [3.63, 3.8) is 0 Å². The highest BCUT2D eigenvalue weighted by Crippen LogP contribution is 2.42. The number of nitro groups is 1. The lowest BCUT2D eigenvalue weighted by molar-refractivity contribution is -0.385. The van der Waals surface area contributed by atoms with Crippen LogP contribution >= 0.6 is 0 Å². The molecule has 0 radical (unpaired) electrons. The van der Waals surface area contributed by atoms with Gasteiger partial charge < -0.3 is 9.64 Å². The highest BCUT2D eigenvalue weighted by molar-refractivity contribution is 5.85. The summed E-state index contributed by atoms with van der Waals surface area (Å²) in [6, 6.07) is 17.1. The maximum Gasteiger partial charge on any atom is 0.373 e. The lowest BCUT2D eigenvalue weighted by atomic mass is 10.2. The zero-order valence-electron chi connectivity index (χ0n) is 16.1. The molecule has 0 aliphatic carbocycles. The Labute approximate surface area is 172 Å².